The smallest absolute Gasteiger partial charge is 0.254 e. The van der Waals surface area contributed by atoms with Crippen LogP contribution in [0.15, 0.2) is 55.1 Å². The number of carbonyl (C=O) groups excluding carboxylic acids is 1. The Hall–Kier alpha value is -3.19. The summed E-state index contributed by atoms with van der Waals surface area (Å²) in [5.74, 6) is 2.78. The highest BCUT2D eigenvalue weighted by atomic mass is 16.5. The molecule has 1 fully saturated rings. The predicted molar refractivity (Wildman–Crippen MR) is 120 cm³/mol. The Morgan fingerprint density at radius 3 is 2.29 bits per heavy atom. The SMILES string of the molecule is C=CCOc1ccc(C(=O)N2CCN(CCOc3ccc(OC)cc3)CC2)cc1OC. The van der Waals surface area contributed by atoms with E-state index in [0.717, 1.165) is 31.1 Å². The molecule has 166 valence electrons. The van der Waals surface area contributed by atoms with Gasteiger partial charge in [-0.2, -0.15) is 0 Å². The molecule has 2 aromatic rings. The summed E-state index contributed by atoms with van der Waals surface area (Å²) in [5, 5.41) is 0. The number of carbonyl (C=O) groups is 1. The fourth-order valence-corrected chi connectivity index (χ4v) is 3.39. The van der Waals surface area contributed by atoms with Gasteiger partial charge in [0.1, 0.15) is 24.7 Å². The second kappa shape index (κ2) is 11.3. The van der Waals surface area contributed by atoms with Crippen molar-refractivity contribution >= 4 is 5.91 Å². The van der Waals surface area contributed by atoms with Gasteiger partial charge in [0.15, 0.2) is 11.5 Å². The molecule has 0 bridgehead atoms. The molecule has 0 saturated carbocycles. The Balaban J connectivity index is 1.46. The van der Waals surface area contributed by atoms with Gasteiger partial charge in [0.2, 0.25) is 0 Å². The largest absolute Gasteiger partial charge is 0.497 e. The maximum Gasteiger partial charge on any atom is 0.254 e. The van der Waals surface area contributed by atoms with Gasteiger partial charge >= 0.3 is 0 Å². The summed E-state index contributed by atoms with van der Waals surface area (Å²) in [6.45, 7) is 8.43. The topological polar surface area (TPSA) is 60.5 Å². The highest BCUT2D eigenvalue weighted by Crippen LogP contribution is 2.28. The maximum atomic E-state index is 12.9. The Morgan fingerprint density at radius 2 is 1.65 bits per heavy atom. The summed E-state index contributed by atoms with van der Waals surface area (Å²) in [6, 6.07) is 12.8. The second-order valence-electron chi connectivity index (χ2n) is 7.12. The van der Waals surface area contributed by atoms with E-state index in [-0.39, 0.29) is 5.91 Å². The van der Waals surface area contributed by atoms with Crippen LogP contribution in [0.5, 0.6) is 23.0 Å². The minimum Gasteiger partial charge on any atom is -0.497 e. The van der Waals surface area contributed by atoms with Crippen LogP contribution in [0, 0.1) is 0 Å². The van der Waals surface area contributed by atoms with Crippen molar-refractivity contribution in [1.82, 2.24) is 9.80 Å². The number of piperazine rings is 1. The van der Waals surface area contributed by atoms with Crippen LogP contribution in [0.4, 0.5) is 0 Å². The molecule has 0 N–H and O–H groups in total. The second-order valence-corrected chi connectivity index (χ2v) is 7.12. The van der Waals surface area contributed by atoms with Crippen LogP contribution in [-0.2, 0) is 0 Å². The van der Waals surface area contributed by atoms with Gasteiger partial charge in [-0.05, 0) is 42.5 Å². The normalized spacial score (nSPS) is 14.1. The van der Waals surface area contributed by atoms with Crippen LogP contribution in [0.1, 0.15) is 10.4 Å². The van der Waals surface area contributed by atoms with Gasteiger partial charge in [-0.15, -0.1) is 0 Å². The standard InChI is InChI=1S/C24H30N2O5/c1-4-16-31-22-10-5-19(18-23(22)29-3)24(27)26-13-11-25(12-14-26)15-17-30-21-8-6-20(28-2)7-9-21/h4-10,18H,1,11-17H2,2-3H3. The number of hydrogen-bond donors (Lipinski definition) is 0. The molecule has 0 atom stereocenters. The van der Waals surface area contributed by atoms with Crippen molar-refractivity contribution in [2.24, 2.45) is 0 Å². The lowest BCUT2D eigenvalue weighted by Gasteiger charge is -2.34. The maximum absolute atomic E-state index is 12.9. The van der Waals surface area contributed by atoms with Crippen molar-refractivity contribution in [3.8, 4) is 23.0 Å². The van der Waals surface area contributed by atoms with Gasteiger partial charge in [-0.25, -0.2) is 0 Å². The van der Waals surface area contributed by atoms with Crippen LogP contribution in [0.25, 0.3) is 0 Å². The molecule has 0 radical (unpaired) electrons. The van der Waals surface area contributed by atoms with Gasteiger partial charge < -0.3 is 23.8 Å². The van der Waals surface area contributed by atoms with E-state index in [0.29, 0.717) is 43.4 Å². The van der Waals surface area contributed by atoms with Gasteiger partial charge in [0.05, 0.1) is 14.2 Å². The van der Waals surface area contributed by atoms with E-state index in [1.165, 1.54) is 0 Å². The zero-order valence-electron chi connectivity index (χ0n) is 18.2. The summed E-state index contributed by atoms with van der Waals surface area (Å²) in [6.07, 6.45) is 1.67. The van der Waals surface area contributed by atoms with Crippen molar-refractivity contribution in [3.05, 3.63) is 60.7 Å². The highest BCUT2D eigenvalue weighted by molar-refractivity contribution is 5.95. The molecule has 31 heavy (non-hydrogen) atoms. The van der Waals surface area contributed by atoms with Gasteiger partial charge in [0.25, 0.3) is 5.91 Å². The minimum atomic E-state index is 0.00250. The fourth-order valence-electron chi connectivity index (χ4n) is 3.39. The van der Waals surface area contributed by atoms with Crippen molar-refractivity contribution in [1.29, 1.82) is 0 Å². The molecule has 1 aliphatic heterocycles. The van der Waals surface area contributed by atoms with Crippen LogP contribution < -0.4 is 18.9 Å². The molecule has 7 nitrogen and oxygen atoms in total. The number of benzene rings is 2. The first kappa shape index (κ1) is 22.5. The van der Waals surface area contributed by atoms with Crippen LogP contribution in [0.2, 0.25) is 0 Å². The number of rotatable bonds is 10. The van der Waals surface area contributed by atoms with E-state index >= 15 is 0 Å². The van der Waals surface area contributed by atoms with E-state index in [1.807, 2.05) is 29.2 Å². The molecule has 1 heterocycles. The molecule has 0 aliphatic carbocycles. The number of nitrogens with zero attached hydrogens (tertiary/aromatic N) is 2. The number of methoxy groups -OCH3 is 2. The average molecular weight is 427 g/mol. The zero-order valence-corrected chi connectivity index (χ0v) is 18.2. The number of hydrogen-bond acceptors (Lipinski definition) is 6. The molecule has 3 rings (SSSR count). The lowest BCUT2D eigenvalue weighted by Crippen LogP contribution is -2.49. The Kier molecular flexibility index (Phi) is 8.18. The van der Waals surface area contributed by atoms with E-state index < -0.39 is 0 Å². The number of amides is 1. The molecule has 1 aliphatic rings. The zero-order chi connectivity index (χ0) is 22.1. The third-order valence-electron chi connectivity index (χ3n) is 5.16. The molecule has 1 amide bonds. The predicted octanol–water partition coefficient (Wildman–Crippen LogP) is 3.11. The van der Waals surface area contributed by atoms with Gasteiger partial charge in [-0.3, -0.25) is 9.69 Å². The molecular weight excluding hydrogens is 396 g/mol. The number of ether oxygens (including phenoxy) is 4. The third kappa shape index (κ3) is 6.15. The lowest BCUT2D eigenvalue weighted by molar-refractivity contribution is 0.0620. The molecule has 1 saturated heterocycles. The van der Waals surface area contributed by atoms with Crippen LogP contribution >= 0.6 is 0 Å². The molecule has 0 aromatic heterocycles. The summed E-state index contributed by atoms with van der Waals surface area (Å²) < 4.78 is 21.9. The fraction of sp³-hybridized carbons (Fsp3) is 0.375. The van der Waals surface area contributed by atoms with E-state index in [2.05, 4.69) is 11.5 Å². The monoisotopic (exact) mass is 426 g/mol. The van der Waals surface area contributed by atoms with Crippen molar-refractivity contribution < 1.29 is 23.7 Å². The first-order chi connectivity index (χ1) is 15.1. The Labute approximate surface area is 183 Å². The third-order valence-corrected chi connectivity index (χ3v) is 5.16. The van der Waals surface area contributed by atoms with E-state index in [9.17, 15) is 4.79 Å². The molecular formula is C24H30N2O5. The van der Waals surface area contributed by atoms with E-state index in [1.54, 1.807) is 38.5 Å². The highest BCUT2D eigenvalue weighted by Gasteiger charge is 2.23. The molecule has 2 aromatic carbocycles. The summed E-state index contributed by atoms with van der Waals surface area (Å²) >= 11 is 0. The summed E-state index contributed by atoms with van der Waals surface area (Å²) in [4.78, 5) is 17.1. The van der Waals surface area contributed by atoms with Crippen molar-refractivity contribution in [2.75, 3.05) is 60.2 Å². The average Bonchev–Trinajstić information content (AvgIpc) is 2.83. The van der Waals surface area contributed by atoms with Crippen LogP contribution in [0.3, 0.4) is 0 Å². The van der Waals surface area contributed by atoms with Crippen molar-refractivity contribution in [2.45, 2.75) is 0 Å². The first-order valence-electron chi connectivity index (χ1n) is 10.3. The first-order valence-corrected chi connectivity index (χ1v) is 10.3. The summed E-state index contributed by atoms with van der Waals surface area (Å²) in [5.41, 5.74) is 0.596. The Morgan fingerprint density at radius 1 is 0.935 bits per heavy atom. The Bertz CT molecular complexity index is 861. The molecule has 7 heteroatoms. The van der Waals surface area contributed by atoms with E-state index in [4.69, 9.17) is 18.9 Å². The lowest BCUT2D eigenvalue weighted by atomic mass is 10.1. The van der Waals surface area contributed by atoms with Gasteiger partial charge in [-0.1, -0.05) is 12.7 Å². The quantitative estimate of drug-likeness (QED) is 0.544. The molecule has 0 unspecified atom stereocenters. The van der Waals surface area contributed by atoms with Crippen LogP contribution in [-0.4, -0.2) is 75.9 Å². The van der Waals surface area contributed by atoms with Crippen molar-refractivity contribution in [3.63, 3.8) is 0 Å². The minimum absolute atomic E-state index is 0.00250. The summed E-state index contributed by atoms with van der Waals surface area (Å²) in [7, 11) is 3.21. The van der Waals surface area contributed by atoms with Gasteiger partial charge in [0, 0.05) is 38.3 Å². The molecule has 0 spiro atoms.